The number of carbonyl (C=O) groups excluding carboxylic acids is 3. The van der Waals surface area contributed by atoms with Gasteiger partial charge in [0.25, 0.3) is 0 Å². The Morgan fingerprint density at radius 1 is 0.529 bits per heavy atom. The van der Waals surface area contributed by atoms with E-state index in [1.807, 2.05) is 0 Å². The summed E-state index contributed by atoms with van der Waals surface area (Å²) in [6, 6.07) is 0. The second-order valence-electron chi connectivity index (χ2n) is 9.79. The molecule has 0 unspecified atom stereocenters. The van der Waals surface area contributed by atoms with Crippen LogP contribution in [0.1, 0.15) is 38.5 Å². The first kappa shape index (κ1) is 26.8. The Hall–Kier alpha value is -1.75. The van der Waals surface area contributed by atoms with Crippen molar-refractivity contribution < 1.29 is 14.4 Å². The van der Waals surface area contributed by atoms with Crippen LogP contribution in [0.5, 0.6) is 0 Å². The molecule has 0 radical (unpaired) electrons. The lowest BCUT2D eigenvalue weighted by atomic mass is 9.97. The summed E-state index contributed by atoms with van der Waals surface area (Å²) >= 11 is 0. The molecular weight excluding hydrogens is 434 g/mol. The summed E-state index contributed by atoms with van der Waals surface area (Å²) in [4.78, 5) is 39.6. The lowest BCUT2D eigenvalue weighted by Gasteiger charge is -2.26. The molecule has 10 heteroatoms. The standard InChI is InChI=1S/C24H45N7O3/c32-22(19-1-7-25-8-2-19)28-13-16-31(17-14-29-23(33)20-3-9-26-10-4-20)18-15-30-24(34)21-5-11-27-12-6-21/h19-21,25-27H,1-18H2,(H,28,32)(H,29,33)(H,30,34). The summed E-state index contributed by atoms with van der Waals surface area (Å²) in [7, 11) is 0. The first-order valence-electron chi connectivity index (χ1n) is 13.3. The third-order valence-corrected chi connectivity index (χ3v) is 7.31. The topological polar surface area (TPSA) is 127 Å². The summed E-state index contributed by atoms with van der Waals surface area (Å²) in [6.07, 6.45) is 5.34. The highest BCUT2D eigenvalue weighted by Gasteiger charge is 2.23. The van der Waals surface area contributed by atoms with E-state index in [-0.39, 0.29) is 35.5 Å². The van der Waals surface area contributed by atoms with Crippen molar-refractivity contribution in [1.29, 1.82) is 0 Å². The van der Waals surface area contributed by atoms with Gasteiger partial charge in [0.2, 0.25) is 17.7 Å². The average molecular weight is 480 g/mol. The van der Waals surface area contributed by atoms with E-state index in [0.717, 1.165) is 77.8 Å². The maximum atomic E-state index is 12.5. The lowest BCUT2D eigenvalue weighted by molar-refractivity contribution is -0.126. The first-order valence-corrected chi connectivity index (χ1v) is 13.3. The molecule has 3 aliphatic rings. The fraction of sp³-hybridized carbons (Fsp3) is 0.875. The van der Waals surface area contributed by atoms with Crippen LogP contribution >= 0.6 is 0 Å². The van der Waals surface area contributed by atoms with Crippen LogP contribution in [0.15, 0.2) is 0 Å². The predicted molar refractivity (Wildman–Crippen MR) is 132 cm³/mol. The van der Waals surface area contributed by atoms with Crippen LogP contribution in [0, 0.1) is 17.8 Å². The Labute approximate surface area is 204 Å². The van der Waals surface area contributed by atoms with E-state index in [1.165, 1.54) is 0 Å². The second-order valence-corrected chi connectivity index (χ2v) is 9.79. The smallest absolute Gasteiger partial charge is 0.223 e. The van der Waals surface area contributed by atoms with E-state index in [9.17, 15) is 14.4 Å². The molecule has 0 aromatic carbocycles. The van der Waals surface area contributed by atoms with Gasteiger partial charge in [-0.3, -0.25) is 19.3 Å². The van der Waals surface area contributed by atoms with Crippen LogP contribution in [-0.2, 0) is 14.4 Å². The minimum Gasteiger partial charge on any atom is -0.355 e. The first-order chi connectivity index (χ1) is 16.6. The Bertz CT molecular complexity index is 544. The van der Waals surface area contributed by atoms with E-state index in [4.69, 9.17) is 0 Å². The number of amides is 3. The summed E-state index contributed by atoms with van der Waals surface area (Å²) in [5, 5.41) is 19.1. The quantitative estimate of drug-likeness (QED) is 0.204. The van der Waals surface area contributed by atoms with Gasteiger partial charge in [-0.15, -0.1) is 0 Å². The van der Waals surface area contributed by atoms with Crippen LogP contribution in [0.4, 0.5) is 0 Å². The third kappa shape index (κ3) is 9.48. The third-order valence-electron chi connectivity index (χ3n) is 7.31. The molecule has 0 aliphatic carbocycles. The summed E-state index contributed by atoms with van der Waals surface area (Å²) in [6.45, 7) is 9.23. The number of hydrogen-bond acceptors (Lipinski definition) is 7. The van der Waals surface area contributed by atoms with Crippen LogP contribution < -0.4 is 31.9 Å². The maximum absolute atomic E-state index is 12.5. The van der Waals surface area contributed by atoms with Gasteiger partial charge in [-0.25, -0.2) is 0 Å². The molecule has 0 spiro atoms. The molecule has 0 aromatic rings. The number of hydrogen-bond donors (Lipinski definition) is 6. The second kappa shape index (κ2) is 15.3. The van der Waals surface area contributed by atoms with E-state index >= 15 is 0 Å². The molecule has 3 fully saturated rings. The predicted octanol–water partition coefficient (Wildman–Crippen LogP) is -1.36. The van der Waals surface area contributed by atoms with Crippen LogP contribution in [0.3, 0.4) is 0 Å². The average Bonchev–Trinajstić information content (AvgIpc) is 2.89. The zero-order chi connectivity index (χ0) is 24.0. The molecule has 3 rings (SSSR count). The minimum absolute atomic E-state index is 0.100. The van der Waals surface area contributed by atoms with Crippen LogP contribution in [0.25, 0.3) is 0 Å². The molecule has 3 saturated heterocycles. The van der Waals surface area contributed by atoms with Crippen molar-refractivity contribution in [3.05, 3.63) is 0 Å². The monoisotopic (exact) mass is 479 g/mol. The lowest BCUT2D eigenvalue weighted by Crippen LogP contribution is -2.46. The normalized spacial score (nSPS) is 20.7. The van der Waals surface area contributed by atoms with Gasteiger partial charge in [-0.05, 0) is 77.8 Å². The number of nitrogens with zero attached hydrogens (tertiary/aromatic N) is 1. The zero-order valence-electron chi connectivity index (χ0n) is 20.6. The van der Waals surface area contributed by atoms with E-state index < -0.39 is 0 Å². The molecule has 3 amide bonds. The van der Waals surface area contributed by atoms with Gasteiger partial charge in [-0.1, -0.05) is 0 Å². The van der Waals surface area contributed by atoms with Gasteiger partial charge in [-0.2, -0.15) is 0 Å². The van der Waals surface area contributed by atoms with Crippen molar-refractivity contribution in [2.75, 3.05) is 78.5 Å². The molecule has 34 heavy (non-hydrogen) atoms. The van der Waals surface area contributed by atoms with Crippen molar-refractivity contribution in [1.82, 2.24) is 36.8 Å². The number of nitrogens with one attached hydrogen (secondary N) is 6. The van der Waals surface area contributed by atoms with E-state index in [2.05, 4.69) is 36.8 Å². The van der Waals surface area contributed by atoms with Crippen LogP contribution in [0.2, 0.25) is 0 Å². The zero-order valence-corrected chi connectivity index (χ0v) is 20.6. The molecule has 3 aliphatic heterocycles. The fourth-order valence-corrected chi connectivity index (χ4v) is 5.03. The highest BCUT2D eigenvalue weighted by molar-refractivity contribution is 5.79. The van der Waals surface area contributed by atoms with Crippen molar-refractivity contribution in [3.8, 4) is 0 Å². The van der Waals surface area contributed by atoms with Gasteiger partial charge in [0.15, 0.2) is 0 Å². The van der Waals surface area contributed by atoms with Crippen molar-refractivity contribution >= 4 is 17.7 Å². The number of piperidine rings is 3. The highest BCUT2D eigenvalue weighted by Crippen LogP contribution is 2.12. The molecule has 0 aromatic heterocycles. The van der Waals surface area contributed by atoms with Crippen LogP contribution in [-0.4, -0.2) is 101 Å². The SMILES string of the molecule is O=C(NCCN(CCNC(=O)C1CCNCC1)CCNC(=O)C1CCNCC1)C1CCNCC1. The molecular formula is C24H45N7O3. The summed E-state index contributed by atoms with van der Waals surface area (Å²) in [5.41, 5.74) is 0. The van der Waals surface area contributed by atoms with Gasteiger partial charge in [0, 0.05) is 57.0 Å². The highest BCUT2D eigenvalue weighted by atomic mass is 16.2. The Balaban J connectivity index is 1.39. The van der Waals surface area contributed by atoms with Gasteiger partial charge < -0.3 is 31.9 Å². The van der Waals surface area contributed by atoms with Crippen molar-refractivity contribution in [2.45, 2.75) is 38.5 Å². The number of rotatable bonds is 12. The van der Waals surface area contributed by atoms with Gasteiger partial charge in [0.1, 0.15) is 0 Å². The van der Waals surface area contributed by atoms with Gasteiger partial charge >= 0.3 is 0 Å². The molecule has 6 N–H and O–H groups in total. The Morgan fingerprint density at radius 2 is 0.794 bits per heavy atom. The molecule has 0 bridgehead atoms. The largest absolute Gasteiger partial charge is 0.355 e. The van der Waals surface area contributed by atoms with E-state index in [1.54, 1.807) is 0 Å². The molecule has 194 valence electrons. The fourth-order valence-electron chi connectivity index (χ4n) is 5.03. The molecule has 3 heterocycles. The molecule has 0 atom stereocenters. The summed E-state index contributed by atoms with van der Waals surface area (Å²) < 4.78 is 0. The summed E-state index contributed by atoms with van der Waals surface area (Å²) in [5.74, 6) is 0.717. The number of carbonyl (C=O) groups is 3. The van der Waals surface area contributed by atoms with Crippen molar-refractivity contribution in [3.63, 3.8) is 0 Å². The Kier molecular flexibility index (Phi) is 12.1. The van der Waals surface area contributed by atoms with Crippen molar-refractivity contribution in [2.24, 2.45) is 17.8 Å². The van der Waals surface area contributed by atoms with E-state index in [0.29, 0.717) is 39.3 Å². The minimum atomic E-state index is 0.100. The molecule has 0 saturated carbocycles. The maximum Gasteiger partial charge on any atom is 0.223 e. The Morgan fingerprint density at radius 3 is 1.06 bits per heavy atom. The molecule has 10 nitrogen and oxygen atoms in total. The van der Waals surface area contributed by atoms with Gasteiger partial charge in [0.05, 0.1) is 0 Å².